The maximum atomic E-state index is 12.8. The second-order valence-corrected chi connectivity index (χ2v) is 4.80. The summed E-state index contributed by atoms with van der Waals surface area (Å²) in [6.07, 6.45) is 3.35. The summed E-state index contributed by atoms with van der Waals surface area (Å²) in [5, 5.41) is 10.8. The van der Waals surface area contributed by atoms with Gasteiger partial charge in [0, 0.05) is 25.5 Å². The molecule has 0 saturated carbocycles. The van der Waals surface area contributed by atoms with Crippen LogP contribution in [-0.4, -0.2) is 25.5 Å². The number of nitrogens with zero attached hydrogens (tertiary/aromatic N) is 4. The largest absolute Gasteiger partial charge is 0.471 e. The highest BCUT2D eigenvalue weighted by Crippen LogP contribution is 2.12. The zero-order valence-electron chi connectivity index (χ0n) is 12.3. The predicted molar refractivity (Wildman–Crippen MR) is 80.4 cm³/mol. The number of rotatable bonds is 5. The standard InChI is InChI=1S/C15H14FN5O2/c1-20-8-7-14(19-20)17-15(22)13-6-9-21(18-13)10-23-12-4-2-11(16)3-5-12/h2-9H,10H2,1H3,(H,17,19,22). The molecule has 1 aromatic carbocycles. The Hall–Kier alpha value is -3.16. The number of aryl methyl sites for hydroxylation is 1. The van der Waals surface area contributed by atoms with E-state index >= 15 is 0 Å². The van der Waals surface area contributed by atoms with Crippen LogP contribution >= 0.6 is 0 Å². The molecule has 0 spiro atoms. The van der Waals surface area contributed by atoms with Crippen LogP contribution in [0.1, 0.15) is 10.5 Å². The monoisotopic (exact) mass is 315 g/mol. The van der Waals surface area contributed by atoms with Gasteiger partial charge in [-0.25, -0.2) is 9.07 Å². The Balaban J connectivity index is 1.59. The van der Waals surface area contributed by atoms with E-state index in [1.165, 1.54) is 28.9 Å². The highest BCUT2D eigenvalue weighted by molar-refractivity contribution is 6.02. The first kappa shape index (κ1) is 14.8. The van der Waals surface area contributed by atoms with Gasteiger partial charge in [-0.05, 0) is 30.3 Å². The first-order chi connectivity index (χ1) is 11.1. The Kier molecular flexibility index (Phi) is 4.05. The molecule has 0 saturated heterocycles. The van der Waals surface area contributed by atoms with E-state index in [1.807, 2.05) is 0 Å². The van der Waals surface area contributed by atoms with Crippen molar-refractivity contribution in [2.75, 3.05) is 5.32 Å². The summed E-state index contributed by atoms with van der Waals surface area (Å²) >= 11 is 0. The third-order valence-corrected chi connectivity index (χ3v) is 3.01. The molecule has 3 aromatic rings. The van der Waals surface area contributed by atoms with E-state index in [-0.39, 0.29) is 24.1 Å². The Bertz CT molecular complexity index is 809. The van der Waals surface area contributed by atoms with Gasteiger partial charge >= 0.3 is 0 Å². The number of anilines is 1. The summed E-state index contributed by atoms with van der Waals surface area (Å²) in [7, 11) is 1.76. The minimum absolute atomic E-state index is 0.114. The van der Waals surface area contributed by atoms with Gasteiger partial charge < -0.3 is 10.1 Å². The molecule has 118 valence electrons. The van der Waals surface area contributed by atoms with Crippen LogP contribution in [0.2, 0.25) is 0 Å². The summed E-state index contributed by atoms with van der Waals surface area (Å²) in [5.74, 6) is 0.283. The fourth-order valence-corrected chi connectivity index (χ4v) is 1.89. The van der Waals surface area contributed by atoms with E-state index in [4.69, 9.17) is 4.74 Å². The molecule has 7 nitrogen and oxygen atoms in total. The molecule has 1 amide bonds. The topological polar surface area (TPSA) is 74.0 Å². The summed E-state index contributed by atoms with van der Waals surface area (Å²) in [4.78, 5) is 12.0. The fourth-order valence-electron chi connectivity index (χ4n) is 1.89. The maximum Gasteiger partial charge on any atom is 0.277 e. The number of hydrogen-bond acceptors (Lipinski definition) is 4. The zero-order chi connectivity index (χ0) is 16.2. The van der Waals surface area contributed by atoms with Gasteiger partial charge in [-0.1, -0.05) is 0 Å². The number of carbonyl (C=O) groups is 1. The number of halogens is 1. The van der Waals surface area contributed by atoms with Gasteiger partial charge in [-0.15, -0.1) is 0 Å². The lowest BCUT2D eigenvalue weighted by Gasteiger charge is -2.05. The van der Waals surface area contributed by atoms with E-state index in [0.29, 0.717) is 11.6 Å². The van der Waals surface area contributed by atoms with E-state index in [1.54, 1.807) is 36.3 Å². The molecule has 0 bridgehead atoms. The Morgan fingerprint density at radius 2 is 1.96 bits per heavy atom. The second kappa shape index (κ2) is 6.30. The van der Waals surface area contributed by atoms with Crippen molar-refractivity contribution in [1.82, 2.24) is 19.6 Å². The summed E-state index contributed by atoms with van der Waals surface area (Å²) < 4.78 is 21.3. The van der Waals surface area contributed by atoms with Crippen molar-refractivity contribution in [3.63, 3.8) is 0 Å². The van der Waals surface area contributed by atoms with E-state index in [2.05, 4.69) is 15.5 Å². The molecular weight excluding hydrogens is 301 g/mol. The van der Waals surface area contributed by atoms with Crippen molar-refractivity contribution in [3.8, 4) is 5.75 Å². The minimum atomic E-state index is -0.357. The van der Waals surface area contributed by atoms with Crippen molar-refractivity contribution < 1.29 is 13.9 Å². The molecule has 0 fully saturated rings. The van der Waals surface area contributed by atoms with Crippen LogP contribution in [0, 0.1) is 5.82 Å². The van der Waals surface area contributed by atoms with Crippen molar-refractivity contribution >= 4 is 11.7 Å². The number of aromatic nitrogens is 4. The number of ether oxygens (including phenoxy) is 1. The lowest BCUT2D eigenvalue weighted by molar-refractivity contribution is 0.102. The van der Waals surface area contributed by atoms with Gasteiger partial charge in [0.1, 0.15) is 11.6 Å². The first-order valence-corrected chi connectivity index (χ1v) is 6.83. The molecular formula is C15H14FN5O2. The SMILES string of the molecule is Cn1ccc(NC(=O)c2ccn(COc3ccc(F)cc3)n2)n1. The van der Waals surface area contributed by atoms with Crippen LogP contribution < -0.4 is 10.1 Å². The second-order valence-electron chi connectivity index (χ2n) is 4.80. The Morgan fingerprint density at radius 3 is 2.65 bits per heavy atom. The van der Waals surface area contributed by atoms with Gasteiger partial charge in [-0.3, -0.25) is 9.48 Å². The minimum Gasteiger partial charge on any atom is -0.471 e. The van der Waals surface area contributed by atoms with E-state index in [9.17, 15) is 9.18 Å². The highest BCUT2D eigenvalue weighted by atomic mass is 19.1. The van der Waals surface area contributed by atoms with Crippen LogP contribution in [0.3, 0.4) is 0 Å². The Labute approximate surface area is 131 Å². The molecule has 0 atom stereocenters. The molecule has 0 radical (unpaired) electrons. The normalized spacial score (nSPS) is 10.5. The van der Waals surface area contributed by atoms with Crippen LogP contribution in [0.25, 0.3) is 0 Å². The number of benzene rings is 1. The van der Waals surface area contributed by atoms with E-state index < -0.39 is 0 Å². The number of nitrogens with one attached hydrogen (secondary N) is 1. The Morgan fingerprint density at radius 1 is 1.17 bits per heavy atom. The average molecular weight is 315 g/mol. The number of amides is 1. The lowest BCUT2D eigenvalue weighted by Crippen LogP contribution is -2.14. The van der Waals surface area contributed by atoms with Crippen molar-refractivity contribution in [1.29, 1.82) is 0 Å². The maximum absolute atomic E-state index is 12.8. The average Bonchev–Trinajstić information content (AvgIpc) is 3.16. The van der Waals surface area contributed by atoms with Crippen LogP contribution in [-0.2, 0) is 13.8 Å². The molecule has 2 heterocycles. The van der Waals surface area contributed by atoms with Crippen molar-refractivity contribution in [2.45, 2.75) is 6.73 Å². The van der Waals surface area contributed by atoms with Crippen molar-refractivity contribution in [2.24, 2.45) is 7.05 Å². The van der Waals surface area contributed by atoms with Gasteiger partial charge in [0.05, 0.1) is 0 Å². The molecule has 0 aliphatic heterocycles. The summed E-state index contributed by atoms with van der Waals surface area (Å²) in [6.45, 7) is 0.114. The summed E-state index contributed by atoms with van der Waals surface area (Å²) in [5.41, 5.74) is 0.248. The van der Waals surface area contributed by atoms with Crippen LogP contribution in [0.15, 0.2) is 48.8 Å². The molecule has 8 heteroatoms. The molecule has 0 aliphatic rings. The molecule has 1 N–H and O–H groups in total. The molecule has 0 aliphatic carbocycles. The predicted octanol–water partition coefficient (Wildman–Crippen LogP) is 2.04. The zero-order valence-corrected chi connectivity index (χ0v) is 12.3. The van der Waals surface area contributed by atoms with Gasteiger partial charge in [0.25, 0.3) is 5.91 Å². The molecule has 3 rings (SSSR count). The molecule has 2 aromatic heterocycles. The van der Waals surface area contributed by atoms with Crippen LogP contribution in [0.4, 0.5) is 10.2 Å². The summed E-state index contributed by atoms with van der Waals surface area (Å²) in [6, 6.07) is 8.92. The lowest BCUT2D eigenvalue weighted by atomic mass is 10.3. The van der Waals surface area contributed by atoms with Crippen molar-refractivity contribution in [3.05, 3.63) is 60.3 Å². The fraction of sp³-hybridized carbons (Fsp3) is 0.133. The van der Waals surface area contributed by atoms with Gasteiger partial charge in [-0.2, -0.15) is 10.2 Å². The van der Waals surface area contributed by atoms with E-state index in [0.717, 1.165) is 0 Å². The third kappa shape index (κ3) is 3.73. The van der Waals surface area contributed by atoms with Gasteiger partial charge in [0.2, 0.25) is 0 Å². The highest BCUT2D eigenvalue weighted by Gasteiger charge is 2.11. The number of hydrogen-bond donors (Lipinski definition) is 1. The van der Waals surface area contributed by atoms with Gasteiger partial charge in [0.15, 0.2) is 18.2 Å². The quantitative estimate of drug-likeness (QED) is 0.782. The number of carbonyl (C=O) groups excluding carboxylic acids is 1. The molecule has 23 heavy (non-hydrogen) atoms. The first-order valence-electron chi connectivity index (χ1n) is 6.83. The van der Waals surface area contributed by atoms with Crippen LogP contribution in [0.5, 0.6) is 5.75 Å². The third-order valence-electron chi connectivity index (χ3n) is 3.01. The smallest absolute Gasteiger partial charge is 0.277 e. The molecule has 0 unspecified atom stereocenters.